The number of aromatic nitrogens is 1. The second-order valence-electron chi connectivity index (χ2n) is 3.49. The Morgan fingerprint density at radius 1 is 1.11 bits per heavy atom. The Morgan fingerprint density at radius 2 is 1.79 bits per heavy atom. The minimum atomic E-state index is -0.334. The molecule has 0 spiro atoms. The van der Waals surface area contributed by atoms with E-state index in [0.29, 0.717) is 17.9 Å². The average Bonchev–Trinajstić information content (AvgIpc) is 2.40. The molecule has 2 aromatic rings. The van der Waals surface area contributed by atoms with Crippen molar-refractivity contribution in [2.75, 3.05) is 6.61 Å². The van der Waals surface area contributed by atoms with Crippen molar-refractivity contribution in [2.45, 2.75) is 21.8 Å². The zero-order valence-electron chi connectivity index (χ0n) is 9.59. The predicted molar refractivity (Wildman–Crippen MR) is 79.1 cm³/mol. The molecule has 0 saturated carbocycles. The van der Waals surface area contributed by atoms with E-state index in [0.717, 1.165) is 5.56 Å². The van der Waals surface area contributed by atoms with Crippen LogP contribution >= 0.6 is 0 Å². The molecular formula is C16H21NO2. The summed E-state index contributed by atoms with van der Waals surface area (Å²) in [5.74, 6) is -0.334. The van der Waals surface area contributed by atoms with Gasteiger partial charge in [0, 0.05) is 11.8 Å². The van der Waals surface area contributed by atoms with Crippen LogP contribution in [0.1, 0.15) is 32.1 Å². The van der Waals surface area contributed by atoms with Gasteiger partial charge in [0.2, 0.25) is 0 Å². The summed E-state index contributed by atoms with van der Waals surface area (Å²) in [6.07, 6.45) is 1.67. The van der Waals surface area contributed by atoms with Gasteiger partial charge in [0.25, 0.3) is 0 Å². The predicted octanol–water partition coefficient (Wildman–Crippen LogP) is 4.20. The fourth-order valence-electron chi connectivity index (χ4n) is 1.60. The second-order valence-corrected chi connectivity index (χ2v) is 3.49. The number of ether oxygens (including phenoxy) is 1. The number of pyridine rings is 1. The normalized spacial score (nSPS) is 8.89. The Hall–Kier alpha value is -2.16. The van der Waals surface area contributed by atoms with Crippen molar-refractivity contribution in [3.05, 3.63) is 54.2 Å². The topological polar surface area (TPSA) is 39.2 Å². The molecule has 0 radical (unpaired) electrons. The van der Waals surface area contributed by atoms with Crippen LogP contribution in [0.15, 0.2) is 48.7 Å². The van der Waals surface area contributed by atoms with Crippen molar-refractivity contribution < 1.29 is 9.53 Å². The Morgan fingerprint density at radius 3 is 2.42 bits per heavy atom. The van der Waals surface area contributed by atoms with Crippen LogP contribution in [0.5, 0.6) is 0 Å². The highest BCUT2D eigenvalue weighted by Gasteiger charge is 2.13. The molecule has 19 heavy (non-hydrogen) atoms. The summed E-state index contributed by atoms with van der Waals surface area (Å²) in [7, 11) is 0. The number of benzene rings is 1. The van der Waals surface area contributed by atoms with Crippen LogP contribution in [0.25, 0.3) is 11.3 Å². The van der Waals surface area contributed by atoms with E-state index in [1.165, 1.54) is 0 Å². The molecule has 0 aliphatic rings. The third-order valence-corrected chi connectivity index (χ3v) is 2.35. The van der Waals surface area contributed by atoms with E-state index in [-0.39, 0.29) is 20.8 Å². The van der Waals surface area contributed by atoms with E-state index >= 15 is 0 Å². The molecule has 1 aromatic carbocycles. The molecule has 1 heterocycles. The van der Waals surface area contributed by atoms with Crippen LogP contribution in [-0.2, 0) is 4.74 Å². The van der Waals surface area contributed by atoms with Crippen molar-refractivity contribution in [1.29, 1.82) is 0 Å². The molecule has 0 aliphatic carbocycles. The fraction of sp³-hybridized carbons (Fsp3) is 0.250. The van der Waals surface area contributed by atoms with Crippen molar-refractivity contribution in [3.8, 4) is 11.3 Å². The van der Waals surface area contributed by atoms with E-state index in [1.807, 2.05) is 30.3 Å². The van der Waals surface area contributed by atoms with E-state index in [2.05, 4.69) is 4.98 Å². The number of carbonyl (C=O) groups excluding carboxylic acids is 1. The van der Waals surface area contributed by atoms with Crippen LogP contribution in [-0.4, -0.2) is 17.6 Å². The number of rotatable bonds is 3. The molecule has 0 fully saturated rings. The highest BCUT2D eigenvalue weighted by atomic mass is 16.5. The first kappa shape index (κ1) is 16.8. The summed E-state index contributed by atoms with van der Waals surface area (Å²) < 4.78 is 5.01. The molecule has 0 unspecified atom stereocenters. The summed E-state index contributed by atoms with van der Waals surface area (Å²) in [4.78, 5) is 16.0. The van der Waals surface area contributed by atoms with E-state index in [4.69, 9.17) is 4.74 Å². The highest BCUT2D eigenvalue weighted by molar-refractivity contribution is 5.96. The van der Waals surface area contributed by atoms with Crippen LogP contribution in [0.2, 0.25) is 0 Å². The lowest BCUT2D eigenvalue weighted by Crippen LogP contribution is -2.07. The van der Waals surface area contributed by atoms with Gasteiger partial charge in [-0.1, -0.05) is 45.2 Å². The molecule has 0 atom stereocenters. The van der Waals surface area contributed by atoms with Crippen molar-refractivity contribution in [2.24, 2.45) is 0 Å². The first-order chi connectivity index (χ1) is 8.33. The van der Waals surface area contributed by atoms with Gasteiger partial charge in [-0.15, -0.1) is 0 Å². The number of carbonyl (C=O) groups is 1. The fourth-order valence-corrected chi connectivity index (χ4v) is 1.60. The average molecular weight is 259 g/mol. The van der Waals surface area contributed by atoms with Crippen LogP contribution < -0.4 is 0 Å². The summed E-state index contributed by atoms with van der Waals surface area (Å²) in [6.45, 7) is 2.15. The lowest BCUT2D eigenvalue weighted by Gasteiger charge is -2.07. The molecule has 0 amide bonds. The standard InChI is InChI=1S/C14H13NO2.2CH4/c1-2-17-14(16)12-9-6-10-15-13(12)11-7-4-3-5-8-11;;/h3-10H,2H2,1H3;2*1H4. The minimum absolute atomic E-state index is 0. The molecule has 0 bridgehead atoms. The minimum Gasteiger partial charge on any atom is -0.462 e. The first-order valence-corrected chi connectivity index (χ1v) is 5.50. The molecule has 102 valence electrons. The summed E-state index contributed by atoms with van der Waals surface area (Å²) in [5, 5.41) is 0. The maximum atomic E-state index is 11.8. The maximum Gasteiger partial charge on any atom is 0.340 e. The quantitative estimate of drug-likeness (QED) is 0.775. The molecular weight excluding hydrogens is 238 g/mol. The largest absolute Gasteiger partial charge is 0.462 e. The number of esters is 1. The van der Waals surface area contributed by atoms with Gasteiger partial charge in [0.05, 0.1) is 17.9 Å². The maximum absolute atomic E-state index is 11.8. The van der Waals surface area contributed by atoms with E-state index < -0.39 is 0 Å². The van der Waals surface area contributed by atoms with Gasteiger partial charge in [-0.25, -0.2) is 4.79 Å². The molecule has 3 heteroatoms. The smallest absolute Gasteiger partial charge is 0.340 e. The van der Waals surface area contributed by atoms with Gasteiger partial charge in [0.1, 0.15) is 0 Å². The van der Waals surface area contributed by atoms with Crippen molar-refractivity contribution >= 4 is 5.97 Å². The van der Waals surface area contributed by atoms with Crippen molar-refractivity contribution in [1.82, 2.24) is 4.98 Å². The summed E-state index contributed by atoms with van der Waals surface area (Å²) >= 11 is 0. The second kappa shape index (κ2) is 8.03. The van der Waals surface area contributed by atoms with Gasteiger partial charge >= 0.3 is 5.97 Å². The lowest BCUT2D eigenvalue weighted by atomic mass is 10.1. The van der Waals surface area contributed by atoms with Crippen LogP contribution in [0.3, 0.4) is 0 Å². The first-order valence-electron chi connectivity index (χ1n) is 5.50. The van der Waals surface area contributed by atoms with Crippen molar-refractivity contribution in [3.63, 3.8) is 0 Å². The molecule has 0 aliphatic heterocycles. The lowest BCUT2D eigenvalue weighted by molar-refractivity contribution is 0.0527. The third-order valence-electron chi connectivity index (χ3n) is 2.35. The van der Waals surface area contributed by atoms with Gasteiger partial charge in [-0.3, -0.25) is 4.98 Å². The zero-order valence-corrected chi connectivity index (χ0v) is 9.59. The molecule has 0 N–H and O–H groups in total. The number of hydrogen-bond acceptors (Lipinski definition) is 3. The Balaban J connectivity index is 0.00000162. The Kier molecular flexibility index (Phi) is 7.12. The summed E-state index contributed by atoms with van der Waals surface area (Å²) in [5.41, 5.74) is 2.07. The monoisotopic (exact) mass is 259 g/mol. The molecule has 2 rings (SSSR count). The number of nitrogens with zero attached hydrogens (tertiary/aromatic N) is 1. The van der Waals surface area contributed by atoms with E-state index in [1.54, 1.807) is 25.3 Å². The summed E-state index contributed by atoms with van der Waals surface area (Å²) in [6, 6.07) is 13.1. The van der Waals surface area contributed by atoms with Gasteiger partial charge in [0.15, 0.2) is 0 Å². The third kappa shape index (κ3) is 3.91. The molecule has 1 aromatic heterocycles. The number of hydrogen-bond donors (Lipinski definition) is 0. The highest BCUT2D eigenvalue weighted by Crippen LogP contribution is 2.21. The van der Waals surface area contributed by atoms with Gasteiger partial charge < -0.3 is 4.74 Å². The van der Waals surface area contributed by atoms with Crippen LogP contribution in [0.4, 0.5) is 0 Å². The molecule has 0 saturated heterocycles. The SMILES string of the molecule is C.C.CCOC(=O)c1cccnc1-c1ccccc1. The van der Waals surface area contributed by atoms with Crippen LogP contribution in [0, 0.1) is 0 Å². The van der Waals surface area contributed by atoms with E-state index in [9.17, 15) is 4.79 Å². The van der Waals surface area contributed by atoms with Gasteiger partial charge in [-0.05, 0) is 19.1 Å². The Labute approximate surface area is 115 Å². The van der Waals surface area contributed by atoms with Gasteiger partial charge in [-0.2, -0.15) is 0 Å². The Bertz CT molecular complexity index is 509. The zero-order chi connectivity index (χ0) is 12.1. The molecule has 3 nitrogen and oxygen atoms in total.